The van der Waals surface area contributed by atoms with Crippen molar-refractivity contribution < 1.29 is 14.7 Å². The molecule has 39 heavy (non-hydrogen) atoms. The molecule has 5 nitrogen and oxygen atoms in total. The van der Waals surface area contributed by atoms with Crippen LogP contribution in [0.15, 0.2) is 23.1 Å². The molecule has 1 fully saturated rings. The Morgan fingerprint density at radius 1 is 0.923 bits per heavy atom. The number of hydrogen-bond donors (Lipinski definition) is 1. The Balaban J connectivity index is 1.25. The lowest BCUT2D eigenvalue weighted by Crippen LogP contribution is -2.33. The molecule has 1 amide bonds. The molecule has 3 rings (SSSR count). The molecule has 0 spiro atoms. The molecule has 7 heteroatoms. The van der Waals surface area contributed by atoms with Crippen molar-refractivity contribution in [1.82, 2.24) is 4.90 Å². The summed E-state index contributed by atoms with van der Waals surface area (Å²) in [6.07, 6.45) is 25.1. The summed E-state index contributed by atoms with van der Waals surface area (Å²) in [5.41, 5.74) is 3.60. The van der Waals surface area contributed by atoms with Gasteiger partial charge in [-0.15, -0.1) is 0 Å². The van der Waals surface area contributed by atoms with Crippen LogP contribution >= 0.6 is 24.0 Å². The minimum absolute atomic E-state index is 0.305. The van der Waals surface area contributed by atoms with Crippen molar-refractivity contribution in [1.29, 1.82) is 0 Å². The maximum absolute atomic E-state index is 12.5. The minimum atomic E-state index is -1.06. The third-order valence-corrected chi connectivity index (χ3v) is 9.22. The number of nitrogens with zero attached hydrogens (tertiary/aromatic N) is 2. The van der Waals surface area contributed by atoms with Gasteiger partial charge in [-0.25, -0.2) is 0 Å². The number of carbonyl (C=O) groups excluding carboxylic acids is 1. The second kappa shape index (κ2) is 17.8. The average molecular weight is 573 g/mol. The largest absolute Gasteiger partial charge is 0.480 e. The van der Waals surface area contributed by atoms with Gasteiger partial charge in [0, 0.05) is 18.8 Å². The van der Waals surface area contributed by atoms with Crippen molar-refractivity contribution in [3.63, 3.8) is 0 Å². The SMILES string of the molecule is CCCCCCCCCCCCCCCCCCN1CCc2cc(C=C3SC(=S)N(CC(=O)O)C3=O)ccc21. The van der Waals surface area contributed by atoms with Crippen molar-refractivity contribution in [3.8, 4) is 0 Å². The number of unbranched alkanes of at least 4 members (excludes halogenated alkanes) is 15. The molecule has 1 saturated heterocycles. The smallest absolute Gasteiger partial charge is 0.323 e. The van der Waals surface area contributed by atoms with Crippen LogP contribution in [0.2, 0.25) is 0 Å². The summed E-state index contributed by atoms with van der Waals surface area (Å²) in [7, 11) is 0. The van der Waals surface area contributed by atoms with Crippen LogP contribution in [0.25, 0.3) is 6.08 Å². The molecule has 0 aliphatic carbocycles. The zero-order valence-electron chi connectivity index (χ0n) is 23.9. The second-order valence-electron chi connectivity index (χ2n) is 11.1. The molecule has 0 saturated carbocycles. The number of rotatable bonds is 20. The van der Waals surface area contributed by atoms with E-state index in [1.54, 1.807) is 0 Å². The fraction of sp³-hybridized carbons (Fsp3) is 0.656. The number of carboxylic acids is 1. The molecular formula is C32H48N2O3S2. The highest BCUT2D eigenvalue weighted by Gasteiger charge is 2.33. The van der Waals surface area contributed by atoms with Gasteiger partial charge in [-0.3, -0.25) is 14.5 Å². The van der Waals surface area contributed by atoms with Crippen LogP contribution in [0.4, 0.5) is 5.69 Å². The van der Waals surface area contributed by atoms with Crippen LogP contribution in [0.1, 0.15) is 121 Å². The van der Waals surface area contributed by atoms with Crippen LogP contribution < -0.4 is 4.90 Å². The molecule has 1 N–H and O–H groups in total. The van der Waals surface area contributed by atoms with E-state index in [-0.39, 0.29) is 12.5 Å². The van der Waals surface area contributed by atoms with E-state index in [4.69, 9.17) is 17.3 Å². The lowest BCUT2D eigenvalue weighted by atomic mass is 10.0. The fourth-order valence-corrected chi connectivity index (χ4v) is 6.84. The van der Waals surface area contributed by atoms with Gasteiger partial charge in [0.1, 0.15) is 10.9 Å². The van der Waals surface area contributed by atoms with E-state index in [0.29, 0.717) is 9.23 Å². The monoisotopic (exact) mass is 572 g/mol. The first-order valence-corrected chi connectivity index (χ1v) is 16.6. The first-order chi connectivity index (χ1) is 19.0. The summed E-state index contributed by atoms with van der Waals surface area (Å²) in [6.45, 7) is 4.06. The van der Waals surface area contributed by atoms with Crippen LogP contribution in [0.5, 0.6) is 0 Å². The van der Waals surface area contributed by atoms with Crippen molar-refractivity contribution in [3.05, 3.63) is 34.2 Å². The summed E-state index contributed by atoms with van der Waals surface area (Å²) in [5, 5.41) is 9.02. The van der Waals surface area contributed by atoms with E-state index in [1.165, 1.54) is 126 Å². The first kappa shape index (κ1) is 31.7. The molecule has 2 heterocycles. The molecule has 1 aromatic carbocycles. The molecule has 1 aromatic rings. The number of carboxylic acid groups (broad SMARTS) is 1. The maximum atomic E-state index is 12.5. The standard InChI is InChI=1S/C32H48N2O3S2/c1-2-3-4-5-6-7-8-9-10-11-12-13-14-15-16-17-21-33-22-20-27-23-26(18-19-28(27)33)24-29-31(37)34(25-30(35)36)32(38)39-29/h18-19,23-24H,2-17,20-22,25H2,1H3,(H,35,36). The fourth-order valence-electron chi connectivity index (χ4n) is 5.59. The minimum Gasteiger partial charge on any atom is -0.480 e. The Labute approximate surface area is 245 Å². The lowest BCUT2D eigenvalue weighted by molar-refractivity contribution is -0.140. The number of benzene rings is 1. The van der Waals surface area contributed by atoms with E-state index in [2.05, 4.69) is 30.0 Å². The Kier molecular flexibility index (Phi) is 14.4. The highest BCUT2D eigenvalue weighted by atomic mass is 32.2. The number of thioether (sulfide) groups is 1. The molecule has 0 atom stereocenters. The van der Waals surface area contributed by atoms with Gasteiger partial charge in [-0.05, 0) is 42.2 Å². The quantitative estimate of drug-likeness (QED) is 0.0959. The van der Waals surface area contributed by atoms with Gasteiger partial charge in [-0.1, -0.05) is 133 Å². The van der Waals surface area contributed by atoms with E-state index in [9.17, 15) is 9.59 Å². The number of anilines is 1. The predicted molar refractivity (Wildman–Crippen MR) is 169 cm³/mol. The van der Waals surface area contributed by atoms with Crippen molar-refractivity contribution in [2.45, 2.75) is 116 Å². The topological polar surface area (TPSA) is 60.9 Å². The lowest BCUT2D eigenvalue weighted by Gasteiger charge is -2.19. The molecule has 0 aromatic heterocycles. The predicted octanol–water partition coefficient (Wildman–Crippen LogP) is 8.60. The van der Waals surface area contributed by atoms with Crippen molar-refractivity contribution >= 4 is 51.9 Å². The Morgan fingerprint density at radius 2 is 1.49 bits per heavy atom. The molecule has 2 aliphatic heterocycles. The van der Waals surface area contributed by atoms with E-state index in [0.717, 1.165) is 30.0 Å². The number of amides is 1. The number of hydrogen-bond acceptors (Lipinski definition) is 5. The zero-order valence-corrected chi connectivity index (χ0v) is 25.6. The van der Waals surface area contributed by atoms with Crippen LogP contribution in [-0.4, -0.2) is 45.8 Å². The summed E-state index contributed by atoms with van der Waals surface area (Å²) in [4.78, 5) is 27.7. The number of aliphatic carboxylic acids is 1. The zero-order chi connectivity index (χ0) is 27.9. The Bertz CT molecular complexity index is 978. The van der Waals surface area contributed by atoms with Gasteiger partial charge in [0.2, 0.25) is 0 Å². The molecule has 216 valence electrons. The van der Waals surface area contributed by atoms with Gasteiger partial charge in [0.25, 0.3) is 5.91 Å². The van der Waals surface area contributed by atoms with Gasteiger partial charge < -0.3 is 10.0 Å². The number of thiocarbonyl (C=S) groups is 1. The Morgan fingerprint density at radius 3 is 2.05 bits per heavy atom. The maximum Gasteiger partial charge on any atom is 0.323 e. The molecular weight excluding hydrogens is 524 g/mol. The Hall–Kier alpha value is -1.86. The second-order valence-corrected chi connectivity index (χ2v) is 12.8. The van der Waals surface area contributed by atoms with Gasteiger partial charge >= 0.3 is 5.97 Å². The molecule has 0 radical (unpaired) electrons. The van der Waals surface area contributed by atoms with E-state index >= 15 is 0 Å². The van der Waals surface area contributed by atoms with Gasteiger partial charge in [0.15, 0.2) is 0 Å². The van der Waals surface area contributed by atoms with E-state index in [1.807, 2.05) is 6.08 Å². The van der Waals surface area contributed by atoms with Crippen LogP contribution in [0, 0.1) is 0 Å². The molecule has 0 bridgehead atoms. The highest BCUT2D eigenvalue weighted by Crippen LogP contribution is 2.34. The van der Waals surface area contributed by atoms with Crippen molar-refractivity contribution in [2.24, 2.45) is 0 Å². The third kappa shape index (κ3) is 10.9. The van der Waals surface area contributed by atoms with Crippen LogP contribution in [0.3, 0.4) is 0 Å². The summed E-state index contributed by atoms with van der Waals surface area (Å²) in [6, 6.07) is 6.37. The van der Waals surface area contributed by atoms with Gasteiger partial charge in [-0.2, -0.15) is 0 Å². The highest BCUT2D eigenvalue weighted by molar-refractivity contribution is 8.26. The third-order valence-electron chi connectivity index (χ3n) is 7.84. The molecule has 0 unspecified atom stereocenters. The first-order valence-electron chi connectivity index (χ1n) is 15.3. The van der Waals surface area contributed by atoms with Gasteiger partial charge in [0.05, 0.1) is 4.91 Å². The van der Waals surface area contributed by atoms with E-state index < -0.39 is 5.97 Å². The number of carbonyl (C=O) groups is 2. The van der Waals surface area contributed by atoms with Crippen molar-refractivity contribution in [2.75, 3.05) is 24.5 Å². The summed E-state index contributed by atoms with van der Waals surface area (Å²) < 4.78 is 0.305. The summed E-state index contributed by atoms with van der Waals surface area (Å²) >= 11 is 6.37. The number of fused-ring (bicyclic) bond motifs is 1. The average Bonchev–Trinajstić information content (AvgIpc) is 3.43. The molecule has 2 aliphatic rings. The summed E-state index contributed by atoms with van der Waals surface area (Å²) in [5.74, 6) is -1.38. The normalized spacial score (nSPS) is 16.1. The van der Waals surface area contributed by atoms with Crippen LogP contribution in [-0.2, 0) is 16.0 Å².